The average Bonchev–Trinajstić information content (AvgIpc) is 3.26. The number of aromatic nitrogens is 3. The van der Waals surface area contributed by atoms with Gasteiger partial charge in [-0.05, 0) is 42.8 Å². The van der Waals surface area contributed by atoms with E-state index in [1.807, 2.05) is 6.92 Å². The Hall–Kier alpha value is -5.04. The number of pyridine rings is 1. The largest absolute Gasteiger partial charge is 0.478 e. The number of carboxylic acid groups (broad SMARTS) is 1. The normalized spacial score (nSPS) is 10.1. The number of benzene rings is 2. The van der Waals surface area contributed by atoms with E-state index in [9.17, 15) is 19.5 Å². The summed E-state index contributed by atoms with van der Waals surface area (Å²) in [5.74, 6) is -1.69. The number of amides is 2. The molecule has 2 aromatic carbocycles. The maximum atomic E-state index is 12.6. The first-order valence-electron chi connectivity index (χ1n) is 10.6. The van der Waals surface area contributed by atoms with Gasteiger partial charge >= 0.3 is 5.97 Å². The average molecular weight is 470 g/mol. The van der Waals surface area contributed by atoms with Gasteiger partial charge in [0, 0.05) is 12.0 Å². The van der Waals surface area contributed by atoms with Gasteiger partial charge in [-0.1, -0.05) is 31.2 Å². The Morgan fingerprint density at radius 1 is 1.09 bits per heavy atom. The summed E-state index contributed by atoms with van der Waals surface area (Å²) in [6.45, 7) is 1.92. The number of primary amides is 1. The van der Waals surface area contributed by atoms with E-state index >= 15 is 0 Å². The second-order valence-corrected chi connectivity index (χ2v) is 7.36. The summed E-state index contributed by atoms with van der Waals surface area (Å²) in [4.78, 5) is 45.2. The Balaban J connectivity index is 0.000000509. The van der Waals surface area contributed by atoms with E-state index < -0.39 is 11.9 Å². The highest BCUT2D eigenvalue weighted by Gasteiger charge is 2.15. The number of nitrogens with one attached hydrogen (secondary N) is 2. The van der Waals surface area contributed by atoms with Gasteiger partial charge in [0.2, 0.25) is 11.9 Å². The van der Waals surface area contributed by atoms with Gasteiger partial charge < -0.3 is 15.8 Å². The van der Waals surface area contributed by atoms with Gasteiger partial charge in [0.05, 0.1) is 28.4 Å². The maximum Gasteiger partial charge on any atom is 0.337 e. The summed E-state index contributed by atoms with van der Waals surface area (Å²) in [7, 11) is 0. The van der Waals surface area contributed by atoms with Crippen LogP contribution in [0.3, 0.4) is 0 Å². The summed E-state index contributed by atoms with van der Waals surface area (Å²) in [6, 6.07) is 18.7. The molecule has 0 saturated heterocycles. The number of hydrogen-bond acceptors (Lipinski definition) is 6. The Kier molecular flexibility index (Phi) is 7.87. The molecule has 0 bridgehead atoms. The number of carboxylic acids is 1. The number of anilines is 1. The van der Waals surface area contributed by atoms with Crippen LogP contribution in [0.2, 0.25) is 0 Å². The van der Waals surface area contributed by atoms with Gasteiger partial charge in [-0.25, -0.2) is 14.8 Å². The zero-order valence-corrected chi connectivity index (χ0v) is 18.8. The third-order valence-corrected chi connectivity index (χ3v) is 4.74. The van der Waals surface area contributed by atoms with Crippen LogP contribution < -0.4 is 11.1 Å². The third-order valence-electron chi connectivity index (χ3n) is 4.74. The molecule has 0 fully saturated rings. The fraction of sp³-hybridized carbons (Fsp3) is 0.120. The second kappa shape index (κ2) is 11.2. The number of nitrogens with two attached hydrogens (primary N) is 1. The lowest BCUT2D eigenvalue weighted by Gasteiger charge is -2.05. The minimum absolute atomic E-state index is 0.0387. The standard InChI is InChI=1S/C21H13N5O3.C4H9NO/c22-11-12-4-1-5-13(10-12)15-7-3-9-17(23-15)19(27)26-21-24-16-8-2-6-14(20(28)29)18(16)25-21;1-2-3-4(5)6/h1-10H,(H,28,29)(H2,24,25,26,27);2-3H2,1H3,(H2,5,6). The van der Waals surface area contributed by atoms with Crippen LogP contribution in [0.25, 0.3) is 22.3 Å². The highest BCUT2D eigenvalue weighted by Crippen LogP contribution is 2.21. The molecule has 0 atom stereocenters. The SMILES string of the molecule is CCCC(N)=O.N#Cc1cccc(-c2cccc(C(=O)Nc3nc4c(C(=O)O)cccc4[nH]3)n2)c1. The van der Waals surface area contributed by atoms with Crippen LogP contribution in [0.5, 0.6) is 0 Å². The molecule has 0 aliphatic heterocycles. The number of nitriles is 1. The molecule has 0 spiro atoms. The first-order chi connectivity index (χ1) is 16.8. The molecule has 2 aromatic heterocycles. The van der Waals surface area contributed by atoms with Gasteiger partial charge in [0.1, 0.15) is 11.2 Å². The van der Waals surface area contributed by atoms with Crippen molar-refractivity contribution in [1.29, 1.82) is 5.26 Å². The van der Waals surface area contributed by atoms with E-state index in [1.54, 1.807) is 54.6 Å². The van der Waals surface area contributed by atoms with Gasteiger partial charge in [0.15, 0.2) is 0 Å². The van der Waals surface area contributed by atoms with Crippen molar-refractivity contribution in [2.45, 2.75) is 19.8 Å². The Morgan fingerprint density at radius 3 is 2.49 bits per heavy atom. The molecule has 5 N–H and O–H groups in total. The molecule has 4 aromatic rings. The number of hydrogen-bond donors (Lipinski definition) is 4. The number of aromatic carboxylic acids is 1. The van der Waals surface area contributed by atoms with Gasteiger partial charge in [-0.3, -0.25) is 14.9 Å². The van der Waals surface area contributed by atoms with Crippen molar-refractivity contribution in [2.75, 3.05) is 5.32 Å². The lowest BCUT2D eigenvalue weighted by atomic mass is 10.1. The van der Waals surface area contributed by atoms with E-state index in [2.05, 4.69) is 26.3 Å². The molecular weight excluding hydrogens is 448 g/mol. The molecule has 0 aliphatic rings. The molecule has 35 heavy (non-hydrogen) atoms. The van der Waals surface area contributed by atoms with Crippen molar-refractivity contribution in [1.82, 2.24) is 15.0 Å². The smallest absolute Gasteiger partial charge is 0.337 e. The zero-order chi connectivity index (χ0) is 25.4. The quantitative estimate of drug-likeness (QED) is 0.332. The maximum absolute atomic E-state index is 12.6. The fourth-order valence-electron chi connectivity index (χ4n) is 3.15. The lowest BCUT2D eigenvalue weighted by molar-refractivity contribution is -0.118. The number of rotatable bonds is 6. The molecule has 2 amide bonds. The molecule has 10 heteroatoms. The van der Waals surface area contributed by atoms with Gasteiger partial charge in [0.25, 0.3) is 5.91 Å². The molecule has 0 saturated carbocycles. The summed E-state index contributed by atoms with van der Waals surface area (Å²) in [6.07, 6.45) is 1.37. The number of para-hydroxylation sites is 1. The van der Waals surface area contributed by atoms with Gasteiger partial charge in [-0.15, -0.1) is 0 Å². The topological polar surface area (TPSA) is 175 Å². The number of nitrogens with zero attached hydrogens (tertiary/aromatic N) is 3. The van der Waals surface area contributed by atoms with Crippen molar-refractivity contribution in [3.05, 3.63) is 77.5 Å². The highest BCUT2D eigenvalue weighted by molar-refractivity contribution is 6.05. The Labute approximate surface area is 200 Å². The van der Waals surface area contributed by atoms with Crippen molar-refractivity contribution in [2.24, 2.45) is 5.73 Å². The van der Waals surface area contributed by atoms with E-state index in [1.165, 1.54) is 6.07 Å². The van der Waals surface area contributed by atoms with Crippen LogP contribution in [0.1, 0.15) is 46.2 Å². The lowest BCUT2D eigenvalue weighted by Crippen LogP contribution is -2.14. The van der Waals surface area contributed by atoms with Crippen molar-refractivity contribution in [3.8, 4) is 17.3 Å². The molecule has 176 valence electrons. The van der Waals surface area contributed by atoms with Crippen LogP contribution in [-0.2, 0) is 4.79 Å². The predicted molar refractivity (Wildman–Crippen MR) is 129 cm³/mol. The molecule has 10 nitrogen and oxygen atoms in total. The predicted octanol–water partition coefficient (Wildman–Crippen LogP) is 3.72. The van der Waals surface area contributed by atoms with E-state index in [0.29, 0.717) is 28.8 Å². The van der Waals surface area contributed by atoms with Crippen LogP contribution in [-0.4, -0.2) is 37.8 Å². The highest BCUT2D eigenvalue weighted by atomic mass is 16.4. The minimum Gasteiger partial charge on any atom is -0.478 e. The number of imidazole rings is 1. The summed E-state index contributed by atoms with van der Waals surface area (Å²) in [5.41, 5.74) is 7.47. The molecular formula is C25H22N6O4. The van der Waals surface area contributed by atoms with E-state index in [-0.39, 0.29) is 28.6 Å². The number of aromatic amines is 1. The molecule has 0 unspecified atom stereocenters. The van der Waals surface area contributed by atoms with Crippen LogP contribution in [0.4, 0.5) is 5.95 Å². The zero-order valence-electron chi connectivity index (χ0n) is 18.8. The number of fused-ring (bicyclic) bond motifs is 1. The van der Waals surface area contributed by atoms with E-state index in [4.69, 9.17) is 11.0 Å². The Bertz CT molecular complexity index is 1440. The molecule has 0 radical (unpaired) electrons. The van der Waals surface area contributed by atoms with Crippen LogP contribution in [0.15, 0.2) is 60.7 Å². The summed E-state index contributed by atoms with van der Waals surface area (Å²) in [5, 5.41) is 20.9. The van der Waals surface area contributed by atoms with E-state index in [0.717, 1.165) is 6.42 Å². The first-order valence-corrected chi connectivity index (χ1v) is 10.6. The molecule has 2 heterocycles. The molecule has 0 aliphatic carbocycles. The first kappa shape index (κ1) is 24.6. The van der Waals surface area contributed by atoms with Crippen molar-refractivity contribution in [3.63, 3.8) is 0 Å². The van der Waals surface area contributed by atoms with Crippen LogP contribution in [0, 0.1) is 11.3 Å². The van der Waals surface area contributed by atoms with Crippen molar-refractivity contribution >= 4 is 34.8 Å². The third kappa shape index (κ3) is 6.27. The second-order valence-electron chi connectivity index (χ2n) is 7.36. The minimum atomic E-state index is -1.10. The summed E-state index contributed by atoms with van der Waals surface area (Å²) < 4.78 is 0. The number of carbonyl (C=O) groups is 3. The number of carbonyl (C=O) groups excluding carboxylic acids is 2. The van der Waals surface area contributed by atoms with Gasteiger partial charge in [-0.2, -0.15) is 5.26 Å². The monoisotopic (exact) mass is 470 g/mol. The van der Waals surface area contributed by atoms with Crippen molar-refractivity contribution < 1.29 is 19.5 Å². The fourth-order valence-corrected chi connectivity index (χ4v) is 3.15. The molecule has 4 rings (SSSR count). The summed E-state index contributed by atoms with van der Waals surface area (Å²) >= 11 is 0. The van der Waals surface area contributed by atoms with Crippen LogP contribution >= 0.6 is 0 Å². The number of H-pyrrole nitrogens is 1. The Morgan fingerprint density at radius 2 is 1.83 bits per heavy atom.